The summed E-state index contributed by atoms with van der Waals surface area (Å²) in [4.78, 5) is 16.1. The Kier molecular flexibility index (Phi) is 3.74. The summed E-state index contributed by atoms with van der Waals surface area (Å²) in [5.74, 6) is -0.407. The molecule has 21 heavy (non-hydrogen) atoms. The minimum atomic E-state index is -0.407. The molecule has 0 bridgehead atoms. The second kappa shape index (κ2) is 5.69. The molecule has 0 aliphatic carbocycles. The van der Waals surface area contributed by atoms with Crippen molar-refractivity contribution in [1.82, 2.24) is 19.2 Å². The Morgan fingerprint density at radius 2 is 2.19 bits per heavy atom. The summed E-state index contributed by atoms with van der Waals surface area (Å²) < 4.78 is 9.51. The van der Waals surface area contributed by atoms with Crippen molar-refractivity contribution in [1.29, 1.82) is 0 Å². The predicted octanol–water partition coefficient (Wildman–Crippen LogP) is 2.52. The molecule has 7 heteroatoms. The van der Waals surface area contributed by atoms with E-state index >= 15 is 0 Å². The number of carbonyl (C=O) groups excluding carboxylic acids is 1. The van der Waals surface area contributed by atoms with Gasteiger partial charge in [-0.2, -0.15) is 5.10 Å². The summed E-state index contributed by atoms with van der Waals surface area (Å²) in [6, 6.07) is 5.52. The number of hydrogen-bond donors (Lipinski definition) is 0. The van der Waals surface area contributed by atoms with Gasteiger partial charge in [-0.3, -0.25) is 4.68 Å². The fourth-order valence-corrected chi connectivity index (χ4v) is 2.38. The molecular weight excluding hydrogens is 336 g/mol. The lowest BCUT2D eigenvalue weighted by Crippen LogP contribution is -2.07. The third-order valence-corrected chi connectivity index (χ3v) is 3.38. The van der Waals surface area contributed by atoms with Crippen molar-refractivity contribution in [3.05, 3.63) is 52.7 Å². The third kappa shape index (κ3) is 2.97. The van der Waals surface area contributed by atoms with E-state index < -0.39 is 5.97 Å². The van der Waals surface area contributed by atoms with Crippen LogP contribution in [0.2, 0.25) is 0 Å². The second-order valence-corrected chi connectivity index (χ2v) is 5.38. The lowest BCUT2D eigenvalue weighted by atomic mass is 10.4. The van der Waals surface area contributed by atoms with Crippen molar-refractivity contribution >= 4 is 27.5 Å². The van der Waals surface area contributed by atoms with Gasteiger partial charge in [0.15, 0.2) is 5.69 Å². The Labute approximate surface area is 129 Å². The van der Waals surface area contributed by atoms with Crippen LogP contribution in [0.25, 0.3) is 5.65 Å². The smallest absolute Gasteiger partial charge is 0.358 e. The fourth-order valence-electron chi connectivity index (χ4n) is 2.02. The summed E-state index contributed by atoms with van der Waals surface area (Å²) in [6.07, 6.45) is 5.62. The largest absolute Gasteiger partial charge is 0.461 e. The summed E-state index contributed by atoms with van der Waals surface area (Å²) in [6.45, 7) is 2.61. The molecule has 0 atom stereocenters. The number of aromatic nitrogens is 4. The van der Waals surface area contributed by atoms with Crippen LogP contribution in [-0.2, 0) is 11.3 Å². The number of nitrogens with zero attached hydrogens (tertiary/aromatic N) is 4. The highest BCUT2D eigenvalue weighted by Gasteiger charge is 2.11. The van der Waals surface area contributed by atoms with E-state index in [4.69, 9.17) is 4.74 Å². The number of rotatable bonds is 4. The lowest BCUT2D eigenvalue weighted by Gasteiger charge is -1.98. The van der Waals surface area contributed by atoms with Crippen LogP contribution >= 0.6 is 15.9 Å². The molecule has 0 radical (unpaired) electrons. The molecule has 0 amide bonds. The fraction of sp³-hybridized carbons (Fsp3) is 0.214. The maximum Gasteiger partial charge on any atom is 0.358 e. The van der Waals surface area contributed by atoms with Gasteiger partial charge < -0.3 is 9.14 Å². The third-order valence-electron chi connectivity index (χ3n) is 2.91. The molecule has 3 aromatic heterocycles. The first-order valence-electron chi connectivity index (χ1n) is 6.49. The summed E-state index contributed by atoms with van der Waals surface area (Å²) in [5, 5.41) is 4.20. The van der Waals surface area contributed by atoms with E-state index in [1.165, 1.54) is 0 Å². The molecule has 0 unspecified atom stereocenters. The van der Waals surface area contributed by atoms with Crippen LogP contribution < -0.4 is 0 Å². The van der Waals surface area contributed by atoms with E-state index in [9.17, 15) is 4.79 Å². The number of carbonyl (C=O) groups is 1. The van der Waals surface area contributed by atoms with Gasteiger partial charge in [0, 0.05) is 23.1 Å². The van der Waals surface area contributed by atoms with Crippen molar-refractivity contribution < 1.29 is 9.53 Å². The number of hydrogen-bond acceptors (Lipinski definition) is 4. The lowest BCUT2D eigenvalue weighted by molar-refractivity contribution is 0.0518. The standard InChI is InChI=1S/C14H13BrN4O2/c1-2-21-14(20)12-5-6-19(17-12)9-11-8-18-7-10(15)3-4-13(18)16-11/h3-8H,2,9H2,1H3. The SMILES string of the molecule is CCOC(=O)c1ccn(Cc2cn3cc(Br)ccc3n2)n1. The maximum absolute atomic E-state index is 11.6. The van der Waals surface area contributed by atoms with E-state index in [0.717, 1.165) is 15.8 Å². The Hall–Kier alpha value is -2.15. The molecule has 3 heterocycles. The van der Waals surface area contributed by atoms with Gasteiger partial charge in [-0.15, -0.1) is 0 Å². The number of imidazole rings is 1. The highest BCUT2D eigenvalue weighted by atomic mass is 79.9. The van der Waals surface area contributed by atoms with Gasteiger partial charge in [0.1, 0.15) is 5.65 Å². The summed E-state index contributed by atoms with van der Waals surface area (Å²) in [5.41, 5.74) is 2.04. The quantitative estimate of drug-likeness (QED) is 0.679. The molecule has 108 valence electrons. The zero-order valence-electron chi connectivity index (χ0n) is 11.4. The van der Waals surface area contributed by atoms with Gasteiger partial charge in [-0.1, -0.05) is 0 Å². The molecule has 3 rings (SSSR count). The highest BCUT2D eigenvalue weighted by Crippen LogP contribution is 2.13. The molecule has 0 N–H and O–H groups in total. The number of halogens is 1. The Morgan fingerprint density at radius 1 is 1.33 bits per heavy atom. The van der Waals surface area contributed by atoms with Gasteiger partial charge in [-0.25, -0.2) is 9.78 Å². The predicted molar refractivity (Wildman–Crippen MR) is 80.2 cm³/mol. The first kappa shape index (κ1) is 13.8. The summed E-state index contributed by atoms with van der Waals surface area (Å²) in [7, 11) is 0. The van der Waals surface area contributed by atoms with E-state index in [1.807, 2.05) is 28.9 Å². The molecule has 6 nitrogen and oxygen atoms in total. The number of pyridine rings is 1. The van der Waals surface area contributed by atoms with E-state index in [-0.39, 0.29) is 0 Å². The van der Waals surface area contributed by atoms with Crippen LogP contribution in [0.5, 0.6) is 0 Å². The molecule has 0 saturated heterocycles. The zero-order chi connectivity index (χ0) is 14.8. The van der Waals surface area contributed by atoms with Crippen LogP contribution in [0, 0.1) is 0 Å². The van der Waals surface area contributed by atoms with Crippen LogP contribution in [-0.4, -0.2) is 31.7 Å². The van der Waals surface area contributed by atoms with Crippen LogP contribution in [0.4, 0.5) is 0 Å². The van der Waals surface area contributed by atoms with Gasteiger partial charge in [0.25, 0.3) is 0 Å². The monoisotopic (exact) mass is 348 g/mol. The molecule has 0 aromatic carbocycles. The summed E-state index contributed by atoms with van der Waals surface area (Å²) >= 11 is 3.42. The molecule has 0 fully saturated rings. The Morgan fingerprint density at radius 3 is 3.00 bits per heavy atom. The number of ether oxygens (including phenoxy) is 1. The van der Waals surface area contributed by atoms with Gasteiger partial charge in [0.2, 0.25) is 0 Å². The molecule has 0 aliphatic rings. The van der Waals surface area contributed by atoms with Crippen LogP contribution in [0.3, 0.4) is 0 Å². The van der Waals surface area contributed by atoms with Crippen molar-refractivity contribution in [2.45, 2.75) is 13.5 Å². The molecule has 0 aliphatic heterocycles. The van der Waals surface area contributed by atoms with E-state index in [0.29, 0.717) is 18.8 Å². The van der Waals surface area contributed by atoms with Gasteiger partial charge >= 0.3 is 5.97 Å². The van der Waals surface area contributed by atoms with Gasteiger partial charge in [0.05, 0.1) is 18.8 Å². The normalized spacial score (nSPS) is 11.0. The Balaban J connectivity index is 1.80. The highest BCUT2D eigenvalue weighted by molar-refractivity contribution is 9.10. The molecule has 3 aromatic rings. The topological polar surface area (TPSA) is 61.4 Å². The second-order valence-electron chi connectivity index (χ2n) is 4.46. The van der Waals surface area contributed by atoms with Crippen molar-refractivity contribution in [3.63, 3.8) is 0 Å². The van der Waals surface area contributed by atoms with Crippen molar-refractivity contribution in [3.8, 4) is 0 Å². The Bertz CT molecular complexity index is 793. The van der Waals surface area contributed by atoms with E-state index in [2.05, 4.69) is 26.0 Å². The van der Waals surface area contributed by atoms with Crippen LogP contribution in [0.1, 0.15) is 23.1 Å². The molecule has 0 saturated carbocycles. The van der Waals surface area contributed by atoms with Crippen LogP contribution in [0.15, 0.2) is 41.3 Å². The zero-order valence-corrected chi connectivity index (χ0v) is 12.9. The van der Waals surface area contributed by atoms with Gasteiger partial charge in [-0.05, 0) is 41.1 Å². The average molecular weight is 349 g/mol. The molecular formula is C14H13BrN4O2. The maximum atomic E-state index is 11.6. The van der Waals surface area contributed by atoms with E-state index in [1.54, 1.807) is 23.9 Å². The first-order valence-corrected chi connectivity index (χ1v) is 7.28. The minimum absolute atomic E-state index is 0.309. The molecule has 0 spiro atoms. The average Bonchev–Trinajstić information content (AvgIpc) is 3.05. The first-order chi connectivity index (χ1) is 10.2. The number of fused-ring (bicyclic) bond motifs is 1. The van der Waals surface area contributed by atoms with Crippen molar-refractivity contribution in [2.24, 2.45) is 0 Å². The minimum Gasteiger partial charge on any atom is -0.461 e. The van der Waals surface area contributed by atoms with Crippen molar-refractivity contribution in [2.75, 3.05) is 6.61 Å². The number of esters is 1.